The summed E-state index contributed by atoms with van der Waals surface area (Å²) in [5, 5.41) is 11.7. The van der Waals surface area contributed by atoms with E-state index in [0.29, 0.717) is 0 Å². The van der Waals surface area contributed by atoms with Crippen molar-refractivity contribution in [3.63, 3.8) is 0 Å². The maximum atomic E-state index is 7.50. The van der Waals surface area contributed by atoms with Crippen LogP contribution in [0.15, 0.2) is 243 Å². The molecule has 0 aliphatic rings. The Morgan fingerprint density at radius 2 is 0.323 bits per heavy atom. The molecule has 1 radical (unpaired) electrons. The Labute approximate surface area is 417 Å². The van der Waals surface area contributed by atoms with Crippen molar-refractivity contribution in [2.24, 2.45) is 0 Å². The molecular formula is C55H47O4P4Ru2. The molecule has 0 fully saturated rings. The van der Waals surface area contributed by atoms with Gasteiger partial charge in [-0.05, 0) is 74.1 Å². The van der Waals surface area contributed by atoms with Gasteiger partial charge < -0.3 is 7.43 Å². The van der Waals surface area contributed by atoms with Crippen molar-refractivity contribution in [3.8, 4) is 0 Å². The summed E-state index contributed by atoms with van der Waals surface area (Å²) in [7, 11) is -1.63. The van der Waals surface area contributed by atoms with Crippen molar-refractivity contribution in [3.05, 3.63) is 277 Å². The standard InChI is InChI=1S/2C25H22P2.4CO.CH3.2Ru/c2*1-5-13-22(14-6-1)26(23-15-7-2-8-16-23)21-27(24-17-9-3-10-18-24)25-19-11-4-12-20-25;4*1-2;;;/h2*1-20H,21H2;;;;;1H3;;/q;;;;;;-1;;+1. The summed E-state index contributed by atoms with van der Waals surface area (Å²) in [4.78, 5) is 0. The summed E-state index contributed by atoms with van der Waals surface area (Å²) < 4.78 is 30.0. The van der Waals surface area contributed by atoms with E-state index in [4.69, 9.17) is 18.6 Å². The van der Waals surface area contributed by atoms with Crippen LogP contribution in [0, 0.1) is 34.0 Å². The molecule has 0 saturated carbocycles. The molecule has 0 atom stereocenters. The number of hydrogen-bond donors (Lipinski definition) is 0. The Hall–Kier alpha value is -4.31. The van der Waals surface area contributed by atoms with E-state index in [-0.39, 0.29) is 46.4 Å². The Kier molecular flexibility index (Phi) is 35.3. The first-order chi connectivity index (χ1) is 30.8. The van der Waals surface area contributed by atoms with Gasteiger partial charge in [0.25, 0.3) is 0 Å². The van der Waals surface area contributed by atoms with Crippen LogP contribution in [0.2, 0.25) is 0 Å². The Balaban J connectivity index is 0.00000105. The normalized spacial score (nSPS) is 9.29. The molecule has 0 aliphatic heterocycles. The molecule has 0 amide bonds. The molecule has 0 aliphatic carbocycles. The van der Waals surface area contributed by atoms with E-state index >= 15 is 0 Å². The van der Waals surface area contributed by atoms with Crippen LogP contribution in [0.3, 0.4) is 0 Å². The minimum Gasteiger partial charge on any atom is -0.358 e. The molecule has 8 rings (SSSR count). The molecule has 0 spiro atoms. The fourth-order valence-corrected chi connectivity index (χ4v) is 19.3. The quantitative estimate of drug-likeness (QED) is 0.0506. The average molecular weight is 1100 g/mol. The maximum absolute atomic E-state index is 7.50. The first-order valence-corrected chi connectivity index (χ1v) is 25.3. The van der Waals surface area contributed by atoms with Gasteiger partial charge in [-0.3, -0.25) is 0 Å². The van der Waals surface area contributed by atoms with Crippen LogP contribution < -0.4 is 42.4 Å². The van der Waals surface area contributed by atoms with E-state index in [2.05, 4.69) is 269 Å². The molecular weight excluding hydrogens is 1050 g/mol. The van der Waals surface area contributed by atoms with Gasteiger partial charge in [0, 0.05) is 31.3 Å². The fourth-order valence-electron chi connectivity index (χ4n) is 6.40. The zero-order valence-electron chi connectivity index (χ0n) is 35.6. The Bertz CT molecular complexity index is 1930. The van der Waals surface area contributed by atoms with Crippen molar-refractivity contribution >= 4 is 74.1 Å². The third-order valence-electron chi connectivity index (χ3n) is 9.11. The first kappa shape index (κ1) is 60.7. The number of hydrogen-bond acceptors (Lipinski definition) is 0. The molecule has 10 heteroatoms. The predicted molar refractivity (Wildman–Crippen MR) is 268 cm³/mol. The van der Waals surface area contributed by atoms with E-state index in [0.717, 1.165) is 0 Å². The van der Waals surface area contributed by atoms with Crippen LogP contribution in [0.25, 0.3) is 0 Å². The van der Waals surface area contributed by atoms with Gasteiger partial charge in [0.05, 0.1) is 0 Å². The minimum atomic E-state index is -0.409. The maximum Gasteiger partial charge on any atom is 1.00 e. The Morgan fingerprint density at radius 3 is 0.415 bits per heavy atom. The molecule has 0 bridgehead atoms. The summed E-state index contributed by atoms with van der Waals surface area (Å²) in [5.41, 5.74) is 0. The minimum absolute atomic E-state index is 0. The molecule has 327 valence electrons. The van der Waals surface area contributed by atoms with Crippen LogP contribution in [-0.4, -0.2) is 11.8 Å². The second-order valence-electron chi connectivity index (χ2n) is 12.7. The summed E-state index contributed by atoms with van der Waals surface area (Å²) in [6.07, 6.45) is 0. The van der Waals surface area contributed by atoms with E-state index in [1.165, 1.54) is 54.2 Å². The van der Waals surface area contributed by atoms with Gasteiger partial charge >= 0.3 is 64.7 Å². The third kappa shape index (κ3) is 20.0. The number of benzene rings is 8. The van der Waals surface area contributed by atoms with E-state index in [9.17, 15) is 0 Å². The summed E-state index contributed by atoms with van der Waals surface area (Å²) in [6, 6.07) is 88.3. The van der Waals surface area contributed by atoms with Gasteiger partial charge in [-0.25, -0.2) is 0 Å². The largest absolute Gasteiger partial charge is 1.00 e. The smallest absolute Gasteiger partial charge is 0.358 e. The molecule has 0 unspecified atom stereocenters. The van der Waals surface area contributed by atoms with Crippen molar-refractivity contribution in [1.82, 2.24) is 0 Å². The first-order valence-electron chi connectivity index (χ1n) is 19.2. The SMILES string of the molecule is [C-]#[O+].[C-]#[O+].[C-]#[O+].[C-]#[O+].[CH3-].[Ru+].[Ru].c1ccc(P(CP(c2ccccc2)c2ccccc2)c2ccccc2)cc1.c1ccc(P(CP(c2ccccc2)c2ccccc2)c2ccccc2)cc1. The molecule has 4 nitrogen and oxygen atoms in total. The van der Waals surface area contributed by atoms with Crippen molar-refractivity contribution in [2.45, 2.75) is 0 Å². The zero-order chi connectivity index (χ0) is 44.6. The van der Waals surface area contributed by atoms with Gasteiger partial charge in [-0.15, -0.1) is 0 Å². The van der Waals surface area contributed by atoms with Crippen LogP contribution in [-0.2, 0) is 57.6 Å². The van der Waals surface area contributed by atoms with Crippen LogP contribution >= 0.6 is 31.7 Å². The van der Waals surface area contributed by atoms with E-state index < -0.39 is 31.7 Å². The Morgan fingerprint density at radius 1 is 0.231 bits per heavy atom. The predicted octanol–water partition coefficient (Wildman–Crippen LogP) is 10.7. The van der Waals surface area contributed by atoms with E-state index in [1.807, 2.05) is 0 Å². The monoisotopic (exact) mass is 1100 g/mol. The third-order valence-corrected chi connectivity index (χ3v) is 21.0. The molecule has 65 heavy (non-hydrogen) atoms. The molecule has 8 aromatic rings. The van der Waals surface area contributed by atoms with Gasteiger partial charge in [0.1, 0.15) is 0 Å². The van der Waals surface area contributed by atoms with Crippen molar-refractivity contribution in [1.29, 1.82) is 0 Å². The zero-order valence-corrected chi connectivity index (χ0v) is 42.7. The molecule has 0 saturated heterocycles. The van der Waals surface area contributed by atoms with Gasteiger partial charge in [0.15, 0.2) is 0 Å². The van der Waals surface area contributed by atoms with Gasteiger partial charge in [-0.1, -0.05) is 243 Å². The molecule has 8 aromatic carbocycles. The molecule has 0 heterocycles. The molecule has 0 aromatic heterocycles. The summed E-state index contributed by atoms with van der Waals surface area (Å²) in [6.45, 7) is 18.0. The second kappa shape index (κ2) is 37.9. The topological polar surface area (TPSA) is 79.6 Å². The summed E-state index contributed by atoms with van der Waals surface area (Å²) >= 11 is 0. The van der Waals surface area contributed by atoms with Crippen LogP contribution in [0.5, 0.6) is 0 Å². The van der Waals surface area contributed by atoms with Crippen molar-refractivity contribution < 1.29 is 57.6 Å². The van der Waals surface area contributed by atoms with Crippen molar-refractivity contribution in [2.75, 3.05) is 11.8 Å². The van der Waals surface area contributed by atoms with Crippen LogP contribution in [0.1, 0.15) is 0 Å². The molecule has 0 N–H and O–H groups in total. The average Bonchev–Trinajstić information content (AvgIpc) is 3.39. The fraction of sp³-hybridized carbons (Fsp3) is 0.0364. The van der Waals surface area contributed by atoms with Gasteiger partial charge in [0.2, 0.25) is 0 Å². The summed E-state index contributed by atoms with van der Waals surface area (Å²) in [5.74, 6) is 2.35. The van der Waals surface area contributed by atoms with Crippen LogP contribution in [0.4, 0.5) is 0 Å². The second-order valence-corrected chi connectivity index (χ2v) is 22.5. The van der Waals surface area contributed by atoms with E-state index in [1.54, 1.807) is 0 Å². The van der Waals surface area contributed by atoms with Gasteiger partial charge in [-0.2, -0.15) is 0 Å². The number of rotatable bonds is 12.